The third-order valence-electron chi connectivity index (χ3n) is 8.79. The number of methoxy groups -OCH3 is 1. The number of carbonyl (C=O) groups is 5. The number of nitrogens with two attached hydrogens (primary N) is 1. The number of anilines is 1. The monoisotopic (exact) mass is 616 g/mol. The van der Waals surface area contributed by atoms with E-state index in [1.807, 2.05) is 0 Å². The van der Waals surface area contributed by atoms with Gasteiger partial charge in [-0.3, -0.25) is 19.3 Å². The number of hydrogen-bond acceptors (Lipinski definition) is 12. The number of carbonyl (C=O) groups excluding carboxylic acids is 5. The molecule has 1 aromatic carbocycles. The van der Waals surface area contributed by atoms with Crippen LogP contribution in [0.25, 0.3) is 0 Å². The van der Waals surface area contributed by atoms with Crippen LogP contribution in [0.1, 0.15) is 42.6 Å². The second-order valence-corrected chi connectivity index (χ2v) is 11.8. The van der Waals surface area contributed by atoms with E-state index >= 15 is 0 Å². The number of aliphatic hydroxyl groups is 4. The smallest absolute Gasteiger partial charge is 0.328 e. The number of phenols is 1. The Bertz CT molecular complexity index is 1530. The van der Waals surface area contributed by atoms with Gasteiger partial charge < -0.3 is 46.6 Å². The van der Waals surface area contributed by atoms with Crippen molar-refractivity contribution in [1.29, 1.82) is 0 Å². The molecule has 0 saturated heterocycles. The summed E-state index contributed by atoms with van der Waals surface area (Å²) in [5.74, 6) is -11.4. The predicted molar refractivity (Wildman–Crippen MR) is 153 cm³/mol. The van der Waals surface area contributed by atoms with Crippen molar-refractivity contribution in [3.05, 3.63) is 45.9 Å². The Hall–Kier alpha value is -4.47. The Morgan fingerprint density at radius 1 is 1.11 bits per heavy atom. The molecule has 0 saturated carbocycles. The molecule has 4 rings (SSSR count). The first-order chi connectivity index (χ1) is 20.4. The number of Topliss-reactive ketones (excluding diaryl/α,β-unsaturated/α-hetero) is 2. The fourth-order valence-electron chi connectivity index (χ4n) is 6.65. The van der Waals surface area contributed by atoms with E-state index in [-0.39, 0.29) is 22.7 Å². The number of aliphatic hydroxyl groups excluding tert-OH is 3. The molecule has 1 unspecified atom stereocenters. The molecule has 0 aromatic heterocycles. The van der Waals surface area contributed by atoms with E-state index in [0.29, 0.717) is 0 Å². The number of aromatic hydroxyl groups is 1. The lowest BCUT2D eigenvalue weighted by atomic mass is 9.55. The van der Waals surface area contributed by atoms with Crippen molar-refractivity contribution in [3.8, 4) is 5.75 Å². The van der Waals surface area contributed by atoms with Gasteiger partial charge in [-0.05, 0) is 37.6 Å². The highest BCUT2D eigenvalue weighted by molar-refractivity contribution is 6.25. The summed E-state index contributed by atoms with van der Waals surface area (Å²) in [6, 6.07) is -0.577. The lowest BCUT2D eigenvalue weighted by Gasteiger charge is -2.53. The molecular weight excluding hydrogens is 580 g/mol. The molecule has 3 aliphatic carbocycles. The molecule has 9 N–H and O–H groups in total. The highest BCUT2D eigenvalue weighted by Crippen LogP contribution is 2.56. The Labute approximate surface area is 252 Å². The molecule has 3 aliphatic rings. The second-order valence-electron chi connectivity index (χ2n) is 11.8. The SMILES string of the molecule is COC(=O)C(NC(=O)Nc1ccc2c(c1O)C(=O)C1=C(O)[C@]3(O)C(=O)C(C(N)=O)=C(O)[C@@H](N(C)C)[C@@H]3[C@@H](O)[C@@H]1[C@H]2C)C(C)C. The first-order valence-electron chi connectivity index (χ1n) is 13.8. The van der Waals surface area contributed by atoms with Crippen molar-refractivity contribution in [2.24, 2.45) is 23.5 Å². The third kappa shape index (κ3) is 4.58. The van der Waals surface area contributed by atoms with E-state index in [2.05, 4.69) is 10.6 Å². The van der Waals surface area contributed by atoms with Gasteiger partial charge in [0.1, 0.15) is 23.1 Å². The molecule has 0 radical (unpaired) electrons. The number of benzene rings is 1. The first kappa shape index (κ1) is 32.4. The van der Waals surface area contributed by atoms with Gasteiger partial charge in [0.25, 0.3) is 5.91 Å². The average Bonchev–Trinajstić information content (AvgIpc) is 2.93. The minimum Gasteiger partial charge on any atom is -0.510 e. The molecule has 0 heterocycles. The van der Waals surface area contributed by atoms with Gasteiger partial charge >= 0.3 is 12.0 Å². The summed E-state index contributed by atoms with van der Waals surface area (Å²) in [7, 11) is 4.05. The summed E-state index contributed by atoms with van der Waals surface area (Å²) in [6.45, 7) is 4.93. The molecule has 3 amide bonds. The number of ether oxygens (including phenoxy) is 1. The van der Waals surface area contributed by atoms with E-state index < -0.39 is 99.4 Å². The lowest BCUT2D eigenvalue weighted by Crippen LogP contribution is -2.68. The highest BCUT2D eigenvalue weighted by Gasteiger charge is 2.67. The quantitative estimate of drug-likeness (QED) is 0.119. The van der Waals surface area contributed by atoms with Gasteiger partial charge in [0.05, 0.1) is 36.4 Å². The molecule has 0 bridgehead atoms. The van der Waals surface area contributed by atoms with E-state index in [0.717, 1.165) is 7.11 Å². The number of urea groups is 1. The summed E-state index contributed by atoms with van der Waals surface area (Å²) in [5, 5.41) is 61.7. The van der Waals surface area contributed by atoms with Crippen molar-refractivity contribution >= 4 is 35.2 Å². The van der Waals surface area contributed by atoms with Crippen LogP contribution in [0.2, 0.25) is 0 Å². The maximum atomic E-state index is 14.0. The van der Waals surface area contributed by atoms with Crippen LogP contribution in [0.15, 0.2) is 34.8 Å². The van der Waals surface area contributed by atoms with Crippen LogP contribution in [-0.2, 0) is 19.1 Å². The van der Waals surface area contributed by atoms with Crippen LogP contribution >= 0.6 is 0 Å². The van der Waals surface area contributed by atoms with Gasteiger partial charge in [0.2, 0.25) is 5.78 Å². The van der Waals surface area contributed by atoms with Crippen molar-refractivity contribution in [2.45, 2.75) is 50.5 Å². The van der Waals surface area contributed by atoms with Crippen molar-refractivity contribution in [3.63, 3.8) is 0 Å². The summed E-state index contributed by atoms with van der Waals surface area (Å²) >= 11 is 0. The molecule has 0 aliphatic heterocycles. The zero-order valence-corrected chi connectivity index (χ0v) is 24.9. The number of amides is 3. The summed E-state index contributed by atoms with van der Waals surface area (Å²) in [6.07, 6.45) is -1.73. The molecule has 1 aromatic rings. The fourth-order valence-corrected chi connectivity index (χ4v) is 6.65. The predicted octanol–water partition coefficient (Wildman–Crippen LogP) is -0.0285. The number of fused-ring (bicyclic) bond motifs is 3. The standard InChI is InChI=1S/C29H36N4O11/c1-9(2)18(27(41)44-6)32-28(42)31-12-8-7-11-10(3)13-15(21(35)14(11)20(12)34)24(38)29(43)17(22(13)36)19(33(4)5)23(37)16(25(29)39)26(30)40/h7-10,13,17-19,22,34,36-38,43H,1-6H3,(H2,30,40)(H2,31,32,42)/t10-,13+,17+,18?,19-,22-,29-/m0/s1. The topological polar surface area (TPSA) is 249 Å². The van der Waals surface area contributed by atoms with Crippen LogP contribution in [0.5, 0.6) is 5.75 Å². The highest BCUT2D eigenvalue weighted by atomic mass is 16.5. The van der Waals surface area contributed by atoms with Gasteiger partial charge in [-0.15, -0.1) is 0 Å². The molecule has 44 heavy (non-hydrogen) atoms. The number of primary amides is 1. The summed E-state index contributed by atoms with van der Waals surface area (Å²) < 4.78 is 4.70. The van der Waals surface area contributed by atoms with Crippen molar-refractivity contribution in [1.82, 2.24) is 10.2 Å². The third-order valence-corrected chi connectivity index (χ3v) is 8.79. The van der Waals surface area contributed by atoms with Gasteiger partial charge in [-0.1, -0.05) is 26.8 Å². The minimum atomic E-state index is -3.05. The lowest BCUT2D eigenvalue weighted by molar-refractivity contribution is -0.162. The normalized spacial score (nSPS) is 28.7. The van der Waals surface area contributed by atoms with Crippen LogP contribution < -0.4 is 16.4 Å². The largest absolute Gasteiger partial charge is 0.510 e. The Morgan fingerprint density at radius 3 is 2.25 bits per heavy atom. The molecular formula is C29H36N4O11. The first-order valence-corrected chi connectivity index (χ1v) is 13.8. The molecule has 0 fully saturated rings. The zero-order valence-electron chi connectivity index (χ0n) is 24.9. The molecule has 0 spiro atoms. The van der Waals surface area contributed by atoms with E-state index in [1.165, 1.54) is 31.1 Å². The van der Waals surface area contributed by atoms with Crippen LogP contribution in [0, 0.1) is 17.8 Å². The van der Waals surface area contributed by atoms with Crippen molar-refractivity contribution < 1.29 is 54.2 Å². The average molecular weight is 617 g/mol. The number of nitrogens with one attached hydrogen (secondary N) is 2. The Balaban J connectivity index is 1.84. The Morgan fingerprint density at radius 2 is 1.73 bits per heavy atom. The van der Waals surface area contributed by atoms with Crippen LogP contribution in [0.3, 0.4) is 0 Å². The van der Waals surface area contributed by atoms with Gasteiger partial charge in [0.15, 0.2) is 17.1 Å². The Kier molecular flexibility index (Phi) is 8.28. The maximum absolute atomic E-state index is 14.0. The zero-order chi connectivity index (χ0) is 33.2. The number of ketones is 2. The van der Waals surface area contributed by atoms with E-state index in [1.54, 1.807) is 20.8 Å². The number of rotatable bonds is 6. The van der Waals surface area contributed by atoms with E-state index in [9.17, 15) is 49.5 Å². The van der Waals surface area contributed by atoms with Crippen LogP contribution in [-0.4, -0.2) is 105 Å². The molecule has 15 nitrogen and oxygen atoms in total. The number of hydrogen-bond donors (Lipinski definition) is 8. The van der Waals surface area contributed by atoms with Gasteiger partial charge in [-0.25, -0.2) is 9.59 Å². The molecule has 7 atom stereocenters. The number of phenolic OH excluding ortho intramolecular Hbond substituents is 1. The second kappa shape index (κ2) is 11.2. The molecule has 238 valence electrons. The fraction of sp³-hybridized carbons (Fsp3) is 0.483. The minimum absolute atomic E-state index is 0.222. The van der Waals surface area contributed by atoms with E-state index in [4.69, 9.17) is 10.5 Å². The van der Waals surface area contributed by atoms with Gasteiger partial charge in [0, 0.05) is 11.5 Å². The van der Waals surface area contributed by atoms with Crippen molar-refractivity contribution in [2.75, 3.05) is 26.5 Å². The van der Waals surface area contributed by atoms with Crippen LogP contribution in [0.4, 0.5) is 10.5 Å². The number of esters is 1. The molecule has 15 heteroatoms. The van der Waals surface area contributed by atoms with Gasteiger partial charge in [-0.2, -0.15) is 0 Å². The number of nitrogens with zero attached hydrogens (tertiary/aromatic N) is 1. The number of likely N-dealkylation sites (N-methyl/N-ethyl adjacent to an activating group) is 1. The summed E-state index contributed by atoms with van der Waals surface area (Å²) in [4.78, 5) is 65.7. The maximum Gasteiger partial charge on any atom is 0.328 e. The summed E-state index contributed by atoms with van der Waals surface area (Å²) in [5.41, 5.74) is 0.299.